The minimum absolute atomic E-state index is 0.181. The van der Waals surface area contributed by atoms with Crippen molar-refractivity contribution in [1.29, 1.82) is 0 Å². The number of nitrogens with one attached hydrogen (secondary N) is 3. The van der Waals surface area contributed by atoms with E-state index in [1.54, 1.807) is 12.5 Å². The molecule has 0 aromatic carbocycles. The standard InChI is InChI=1S/C19H34N4O8S2/c1-10(24)15(20)18(29)22-11(4-5-14(25)26)16(27)21-12(6-8-32-2)17(28)23-13(19(30)31)7-9-33-3/h10-13,15,24H,4-9,20H2,1-3H3,(H,21,27)(H,22,29)(H,23,28)(H,25,26)(H,30,31). The van der Waals surface area contributed by atoms with Gasteiger partial charge in [0, 0.05) is 6.42 Å². The fourth-order valence-electron chi connectivity index (χ4n) is 2.57. The van der Waals surface area contributed by atoms with Gasteiger partial charge in [-0.2, -0.15) is 23.5 Å². The number of nitrogens with two attached hydrogens (primary N) is 1. The van der Waals surface area contributed by atoms with Gasteiger partial charge in [-0.05, 0) is 50.2 Å². The van der Waals surface area contributed by atoms with Crippen LogP contribution in [0.25, 0.3) is 0 Å². The average Bonchev–Trinajstić information content (AvgIpc) is 2.75. The normalized spacial score (nSPS) is 15.4. The van der Waals surface area contributed by atoms with Gasteiger partial charge in [-0.1, -0.05) is 0 Å². The lowest BCUT2D eigenvalue weighted by atomic mass is 10.1. The highest BCUT2D eigenvalue weighted by Gasteiger charge is 2.31. The first-order valence-corrected chi connectivity index (χ1v) is 13.0. The van der Waals surface area contributed by atoms with Crippen LogP contribution in [0.15, 0.2) is 0 Å². The molecule has 0 aliphatic heterocycles. The number of carboxylic acids is 2. The molecule has 3 amide bonds. The molecule has 0 bridgehead atoms. The third kappa shape index (κ3) is 12.7. The van der Waals surface area contributed by atoms with Gasteiger partial charge in [-0.15, -0.1) is 0 Å². The van der Waals surface area contributed by atoms with E-state index in [1.165, 1.54) is 30.4 Å². The van der Waals surface area contributed by atoms with Crippen LogP contribution in [0.3, 0.4) is 0 Å². The minimum Gasteiger partial charge on any atom is -0.481 e. The number of aliphatic hydroxyl groups is 1. The molecule has 0 heterocycles. The SMILES string of the molecule is CSCCC(NC(=O)C(CCSC)NC(=O)C(CCC(=O)O)NC(=O)C(N)C(C)O)C(=O)O. The van der Waals surface area contributed by atoms with Crippen LogP contribution >= 0.6 is 23.5 Å². The van der Waals surface area contributed by atoms with Crippen LogP contribution < -0.4 is 21.7 Å². The maximum absolute atomic E-state index is 12.8. The zero-order chi connectivity index (χ0) is 25.6. The summed E-state index contributed by atoms with van der Waals surface area (Å²) in [6.45, 7) is 1.29. The Morgan fingerprint density at radius 3 is 1.64 bits per heavy atom. The van der Waals surface area contributed by atoms with E-state index in [9.17, 15) is 34.2 Å². The number of carbonyl (C=O) groups is 5. The first-order valence-electron chi connectivity index (χ1n) is 10.2. The number of aliphatic hydroxyl groups excluding tert-OH is 1. The van der Waals surface area contributed by atoms with Gasteiger partial charge in [0.05, 0.1) is 6.10 Å². The third-order valence-corrected chi connectivity index (χ3v) is 5.86. The van der Waals surface area contributed by atoms with Gasteiger partial charge in [0.25, 0.3) is 0 Å². The van der Waals surface area contributed by atoms with Gasteiger partial charge in [-0.3, -0.25) is 19.2 Å². The molecule has 0 aromatic rings. The maximum Gasteiger partial charge on any atom is 0.326 e. The number of aliphatic carboxylic acids is 2. The molecular formula is C19H34N4O8S2. The highest BCUT2D eigenvalue weighted by Crippen LogP contribution is 2.07. The minimum atomic E-state index is -1.34. The lowest BCUT2D eigenvalue weighted by Crippen LogP contribution is -2.58. The Morgan fingerprint density at radius 2 is 1.21 bits per heavy atom. The number of carboxylic acid groups (broad SMARTS) is 2. The Morgan fingerprint density at radius 1 is 0.788 bits per heavy atom. The monoisotopic (exact) mass is 510 g/mol. The molecular weight excluding hydrogens is 476 g/mol. The third-order valence-electron chi connectivity index (χ3n) is 4.57. The van der Waals surface area contributed by atoms with Gasteiger partial charge in [0.2, 0.25) is 17.7 Å². The van der Waals surface area contributed by atoms with Crippen molar-refractivity contribution in [2.75, 3.05) is 24.0 Å². The van der Waals surface area contributed by atoms with Crippen molar-refractivity contribution in [3.8, 4) is 0 Å². The summed E-state index contributed by atoms with van der Waals surface area (Å²) in [5.74, 6) is -3.80. The molecule has 0 spiro atoms. The van der Waals surface area contributed by atoms with Crippen molar-refractivity contribution in [3.05, 3.63) is 0 Å². The van der Waals surface area contributed by atoms with Crippen LogP contribution in [-0.4, -0.2) is 99.3 Å². The Bertz CT molecular complexity index is 680. The van der Waals surface area contributed by atoms with E-state index >= 15 is 0 Å². The smallest absolute Gasteiger partial charge is 0.326 e. The summed E-state index contributed by atoms with van der Waals surface area (Å²) >= 11 is 2.84. The van der Waals surface area contributed by atoms with Crippen molar-refractivity contribution in [1.82, 2.24) is 16.0 Å². The Kier molecular flexibility index (Phi) is 15.5. The Balaban J connectivity index is 5.48. The van der Waals surface area contributed by atoms with Crippen LogP contribution in [0.2, 0.25) is 0 Å². The quantitative estimate of drug-likeness (QED) is 0.121. The number of thioether (sulfide) groups is 2. The average molecular weight is 511 g/mol. The molecule has 0 aliphatic carbocycles. The second-order valence-electron chi connectivity index (χ2n) is 7.28. The summed E-state index contributed by atoms with van der Waals surface area (Å²) in [6, 6.07) is -4.90. The van der Waals surface area contributed by atoms with Gasteiger partial charge < -0.3 is 37.0 Å². The molecule has 12 nitrogen and oxygen atoms in total. The topological polar surface area (TPSA) is 208 Å². The number of hydrogen-bond donors (Lipinski definition) is 7. The molecule has 0 rings (SSSR count). The molecule has 0 aliphatic rings. The molecule has 33 heavy (non-hydrogen) atoms. The van der Waals surface area contributed by atoms with E-state index in [1.807, 2.05) is 0 Å². The van der Waals surface area contributed by atoms with Gasteiger partial charge >= 0.3 is 11.9 Å². The summed E-state index contributed by atoms with van der Waals surface area (Å²) in [4.78, 5) is 60.1. The predicted octanol–water partition coefficient (Wildman–Crippen LogP) is -1.40. The van der Waals surface area contributed by atoms with Crippen LogP contribution in [0.5, 0.6) is 0 Å². The Labute approximate surface area is 201 Å². The Hall–Kier alpha value is -2.03. The second-order valence-corrected chi connectivity index (χ2v) is 9.25. The molecule has 5 unspecified atom stereocenters. The van der Waals surface area contributed by atoms with Crippen LogP contribution in [0.4, 0.5) is 0 Å². The molecule has 5 atom stereocenters. The lowest BCUT2D eigenvalue weighted by Gasteiger charge is -2.25. The first-order chi connectivity index (χ1) is 15.4. The summed E-state index contributed by atoms with van der Waals surface area (Å²) in [6.07, 6.45) is 2.05. The van der Waals surface area contributed by atoms with E-state index in [-0.39, 0.29) is 19.3 Å². The fraction of sp³-hybridized carbons (Fsp3) is 0.737. The number of rotatable bonds is 17. The van der Waals surface area contributed by atoms with Crippen LogP contribution in [-0.2, 0) is 24.0 Å². The van der Waals surface area contributed by atoms with Crippen molar-refractivity contribution in [3.63, 3.8) is 0 Å². The van der Waals surface area contributed by atoms with Crippen molar-refractivity contribution < 1.29 is 39.3 Å². The molecule has 8 N–H and O–H groups in total. The summed E-state index contributed by atoms with van der Waals surface area (Å²) in [5, 5.41) is 35.0. The first kappa shape index (κ1) is 31.0. The second kappa shape index (κ2) is 16.6. The summed E-state index contributed by atoms with van der Waals surface area (Å²) < 4.78 is 0. The molecule has 0 saturated heterocycles. The van der Waals surface area contributed by atoms with E-state index in [0.717, 1.165) is 0 Å². The predicted molar refractivity (Wildman–Crippen MR) is 126 cm³/mol. The molecule has 14 heteroatoms. The lowest BCUT2D eigenvalue weighted by molar-refractivity contribution is -0.142. The van der Waals surface area contributed by atoms with Gasteiger partial charge in [0.1, 0.15) is 24.2 Å². The van der Waals surface area contributed by atoms with Crippen molar-refractivity contribution >= 4 is 53.2 Å². The zero-order valence-corrected chi connectivity index (χ0v) is 20.5. The molecule has 0 saturated carbocycles. The highest BCUT2D eigenvalue weighted by molar-refractivity contribution is 7.98. The van der Waals surface area contributed by atoms with E-state index < -0.39 is 66.4 Å². The highest BCUT2D eigenvalue weighted by atomic mass is 32.2. The maximum atomic E-state index is 12.8. The van der Waals surface area contributed by atoms with E-state index in [2.05, 4.69) is 16.0 Å². The van der Waals surface area contributed by atoms with Crippen LogP contribution in [0, 0.1) is 0 Å². The summed E-state index contributed by atoms with van der Waals surface area (Å²) in [5.41, 5.74) is 5.57. The van der Waals surface area contributed by atoms with E-state index in [4.69, 9.17) is 10.8 Å². The van der Waals surface area contributed by atoms with E-state index in [0.29, 0.717) is 11.5 Å². The number of hydrogen-bond acceptors (Lipinski definition) is 9. The molecule has 0 fully saturated rings. The van der Waals surface area contributed by atoms with Crippen molar-refractivity contribution in [2.45, 2.75) is 62.9 Å². The van der Waals surface area contributed by atoms with Crippen molar-refractivity contribution in [2.24, 2.45) is 5.73 Å². The summed E-state index contributed by atoms with van der Waals surface area (Å²) in [7, 11) is 0. The van der Waals surface area contributed by atoms with Gasteiger partial charge in [-0.25, -0.2) is 4.79 Å². The zero-order valence-electron chi connectivity index (χ0n) is 18.9. The molecule has 190 valence electrons. The molecule has 0 aromatic heterocycles. The fourth-order valence-corrected chi connectivity index (χ4v) is 3.51. The van der Waals surface area contributed by atoms with Gasteiger partial charge in [0.15, 0.2) is 0 Å². The largest absolute Gasteiger partial charge is 0.481 e. The van der Waals surface area contributed by atoms with Crippen LogP contribution in [0.1, 0.15) is 32.6 Å². The number of carbonyl (C=O) groups excluding carboxylic acids is 3. The number of amides is 3. The molecule has 0 radical (unpaired) electrons.